The smallest absolute Gasteiger partial charge is 0.275 e. The Morgan fingerprint density at radius 3 is 2.86 bits per heavy atom. The highest BCUT2D eigenvalue weighted by Gasteiger charge is 2.32. The number of hydrogen-bond donors (Lipinski definition) is 0. The molecule has 8 heteroatoms. The van der Waals surface area contributed by atoms with Gasteiger partial charge in [0.25, 0.3) is 5.91 Å². The summed E-state index contributed by atoms with van der Waals surface area (Å²) in [6.45, 7) is 5.85. The van der Waals surface area contributed by atoms with Crippen molar-refractivity contribution in [3.05, 3.63) is 23.9 Å². The van der Waals surface area contributed by atoms with Crippen molar-refractivity contribution in [3.8, 4) is 5.75 Å². The topological polar surface area (TPSA) is 59.8 Å². The van der Waals surface area contributed by atoms with Crippen molar-refractivity contribution in [1.29, 1.82) is 0 Å². The van der Waals surface area contributed by atoms with Gasteiger partial charge in [0, 0.05) is 42.0 Å². The Balaban J connectivity index is 1.66. The summed E-state index contributed by atoms with van der Waals surface area (Å²) < 4.78 is 13.9. The lowest BCUT2D eigenvalue weighted by Crippen LogP contribution is -2.38. The van der Waals surface area contributed by atoms with E-state index in [9.17, 15) is 4.79 Å². The first-order valence-electron chi connectivity index (χ1n) is 9.93. The standard InChI is InChI=1S/C20H27IN4O3/c1-27-17-6-2-5-16-18(20(26)24-7-3-4-15(24)14-21)22-25(19(16)17)9-8-23-10-12-28-13-11-23/h2,5-6,15H,3-4,7-14H2,1H3/t15-/m0/s1. The van der Waals surface area contributed by atoms with Crippen molar-refractivity contribution < 1.29 is 14.3 Å². The minimum Gasteiger partial charge on any atom is -0.494 e. The summed E-state index contributed by atoms with van der Waals surface area (Å²) in [6, 6.07) is 6.17. The highest BCUT2D eigenvalue weighted by molar-refractivity contribution is 14.1. The average Bonchev–Trinajstić information content (AvgIpc) is 3.37. The third-order valence-electron chi connectivity index (χ3n) is 5.70. The van der Waals surface area contributed by atoms with E-state index >= 15 is 0 Å². The maximum Gasteiger partial charge on any atom is 0.275 e. The predicted molar refractivity (Wildman–Crippen MR) is 116 cm³/mol. The van der Waals surface area contributed by atoms with Crippen LogP contribution < -0.4 is 4.74 Å². The molecule has 1 aromatic heterocycles. The third kappa shape index (κ3) is 3.86. The molecule has 0 N–H and O–H groups in total. The van der Waals surface area contributed by atoms with Crippen molar-refractivity contribution in [3.63, 3.8) is 0 Å². The van der Waals surface area contributed by atoms with Crippen LogP contribution in [0, 0.1) is 0 Å². The Morgan fingerprint density at radius 1 is 1.29 bits per heavy atom. The fourth-order valence-electron chi connectivity index (χ4n) is 4.15. The molecule has 1 atom stereocenters. The third-order valence-corrected chi connectivity index (χ3v) is 6.72. The van der Waals surface area contributed by atoms with Crippen LogP contribution in [0.3, 0.4) is 0 Å². The lowest BCUT2D eigenvalue weighted by molar-refractivity contribution is 0.0361. The number of ether oxygens (including phenoxy) is 2. The van der Waals surface area contributed by atoms with Crippen molar-refractivity contribution in [2.45, 2.75) is 25.4 Å². The fourth-order valence-corrected chi connectivity index (χ4v) is 5.07. The number of morpholine rings is 1. The van der Waals surface area contributed by atoms with Crippen molar-refractivity contribution in [2.75, 3.05) is 50.9 Å². The molecule has 0 spiro atoms. The number of amides is 1. The zero-order valence-electron chi connectivity index (χ0n) is 16.3. The average molecular weight is 498 g/mol. The van der Waals surface area contributed by atoms with Gasteiger partial charge in [0.05, 0.1) is 26.9 Å². The number of aromatic nitrogens is 2. The zero-order chi connectivity index (χ0) is 19.5. The molecule has 152 valence electrons. The van der Waals surface area contributed by atoms with Crippen LogP contribution in [0.15, 0.2) is 18.2 Å². The summed E-state index contributed by atoms with van der Waals surface area (Å²) >= 11 is 2.37. The summed E-state index contributed by atoms with van der Waals surface area (Å²) in [5.74, 6) is 0.806. The van der Waals surface area contributed by atoms with Gasteiger partial charge in [0.2, 0.25) is 0 Å². The van der Waals surface area contributed by atoms with Gasteiger partial charge in [-0.05, 0) is 18.9 Å². The summed E-state index contributed by atoms with van der Waals surface area (Å²) in [6.07, 6.45) is 2.14. The second-order valence-electron chi connectivity index (χ2n) is 7.33. The maximum absolute atomic E-state index is 13.3. The molecule has 28 heavy (non-hydrogen) atoms. The molecule has 4 rings (SSSR count). The molecule has 0 bridgehead atoms. The second kappa shape index (κ2) is 8.96. The number of para-hydroxylation sites is 1. The molecular weight excluding hydrogens is 471 g/mol. The molecule has 0 unspecified atom stereocenters. The van der Waals surface area contributed by atoms with Gasteiger partial charge in [0.1, 0.15) is 11.3 Å². The van der Waals surface area contributed by atoms with E-state index in [0.717, 1.165) is 79.9 Å². The second-order valence-corrected chi connectivity index (χ2v) is 8.21. The molecule has 7 nitrogen and oxygen atoms in total. The summed E-state index contributed by atoms with van der Waals surface area (Å²) in [4.78, 5) is 17.7. The first-order valence-corrected chi connectivity index (χ1v) is 11.5. The maximum atomic E-state index is 13.3. The monoisotopic (exact) mass is 498 g/mol. The van der Waals surface area contributed by atoms with Crippen LogP contribution in [0.2, 0.25) is 0 Å². The van der Waals surface area contributed by atoms with E-state index in [1.54, 1.807) is 7.11 Å². The van der Waals surface area contributed by atoms with E-state index in [1.807, 2.05) is 27.8 Å². The van der Waals surface area contributed by atoms with Gasteiger partial charge >= 0.3 is 0 Å². The molecule has 1 aromatic carbocycles. The molecule has 0 aliphatic carbocycles. The Bertz CT molecular complexity index is 834. The highest BCUT2D eigenvalue weighted by Crippen LogP contribution is 2.30. The van der Waals surface area contributed by atoms with Crippen LogP contribution >= 0.6 is 22.6 Å². The number of carbonyl (C=O) groups is 1. The van der Waals surface area contributed by atoms with Gasteiger partial charge in [-0.25, -0.2) is 0 Å². The van der Waals surface area contributed by atoms with Gasteiger partial charge < -0.3 is 14.4 Å². The van der Waals surface area contributed by atoms with Crippen molar-refractivity contribution in [1.82, 2.24) is 19.6 Å². The van der Waals surface area contributed by atoms with E-state index in [-0.39, 0.29) is 5.91 Å². The van der Waals surface area contributed by atoms with Crippen LogP contribution in [0.4, 0.5) is 0 Å². The molecule has 2 saturated heterocycles. The number of benzene rings is 1. The number of nitrogens with zero attached hydrogens (tertiary/aromatic N) is 4. The normalized spacial score (nSPS) is 20.8. The number of rotatable bonds is 6. The Hall–Kier alpha value is -1.39. The molecule has 2 aliphatic heterocycles. The fraction of sp³-hybridized carbons (Fsp3) is 0.600. The number of likely N-dealkylation sites (tertiary alicyclic amines) is 1. The number of methoxy groups -OCH3 is 1. The zero-order valence-corrected chi connectivity index (χ0v) is 18.4. The van der Waals surface area contributed by atoms with E-state index < -0.39 is 0 Å². The van der Waals surface area contributed by atoms with Gasteiger partial charge in [-0.3, -0.25) is 14.4 Å². The van der Waals surface area contributed by atoms with E-state index in [2.05, 4.69) is 27.5 Å². The molecule has 2 aromatic rings. The van der Waals surface area contributed by atoms with Crippen molar-refractivity contribution >= 4 is 39.4 Å². The van der Waals surface area contributed by atoms with E-state index in [1.165, 1.54) is 0 Å². The first-order chi connectivity index (χ1) is 13.7. The molecular formula is C20H27IN4O3. The van der Waals surface area contributed by atoms with Gasteiger partial charge in [-0.15, -0.1) is 0 Å². The molecule has 0 saturated carbocycles. The molecule has 2 aliphatic rings. The quantitative estimate of drug-likeness (QED) is 0.453. The predicted octanol–water partition coefficient (Wildman–Crippen LogP) is 2.42. The van der Waals surface area contributed by atoms with Crippen LogP contribution in [-0.4, -0.2) is 82.5 Å². The van der Waals surface area contributed by atoms with Gasteiger partial charge in [-0.1, -0.05) is 34.7 Å². The SMILES string of the molecule is COc1cccc2c(C(=O)N3CCC[C@H]3CI)nn(CCN3CCOCC3)c12. The number of halogens is 1. The van der Waals surface area contributed by atoms with Crippen LogP contribution in [-0.2, 0) is 11.3 Å². The highest BCUT2D eigenvalue weighted by atomic mass is 127. The van der Waals surface area contributed by atoms with Crippen LogP contribution in [0.1, 0.15) is 23.3 Å². The van der Waals surface area contributed by atoms with Gasteiger partial charge in [0.15, 0.2) is 5.69 Å². The lowest BCUT2D eigenvalue weighted by Gasteiger charge is -2.26. The summed E-state index contributed by atoms with van der Waals surface area (Å²) in [5.41, 5.74) is 1.46. The minimum absolute atomic E-state index is 0.0440. The Morgan fingerprint density at radius 2 is 2.11 bits per heavy atom. The van der Waals surface area contributed by atoms with Gasteiger partial charge in [-0.2, -0.15) is 5.10 Å². The van der Waals surface area contributed by atoms with Crippen LogP contribution in [0.25, 0.3) is 10.9 Å². The molecule has 1 amide bonds. The lowest BCUT2D eigenvalue weighted by atomic mass is 10.1. The number of fused-ring (bicyclic) bond motifs is 1. The number of carbonyl (C=O) groups excluding carboxylic acids is 1. The van der Waals surface area contributed by atoms with Crippen LogP contribution in [0.5, 0.6) is 5.75 Å². The minimum atomic E-state index is 0.0440. The summed E-state index contributed by atoms with van der Waals surface area (Å²) in [7, 11) is 1.67. The summed E-state index contributed by atoms with van der Waals surface area (Å²) in [5, 5.41) is 5.66. The van der Waals surface area contributed by atoms with E-state index in [4.69, 9.17) is 14.6 Å². The van der Waals surface area contributed by atoms with E-state index in [0.29, 0.717) is 11.7 Å². The molecule has 2 fully saturated rings. The Labute approximate surface area is 179 Å². The van der Waals surface area contributed by atoms with Crippen molar-refractivity contribution in [2.24, 2.45) is 0 Å². The first kappa shape index (κ1) is 19.9. The molecule has 3 heterocycles. The molecule has 0 radical (unpaired) electrons. The number of alkyl halides is 1. The largest absolute Gasteiger partial charge is 0.494 e. The number of hydrogen-bond acceptors (Lipinski definition) is 5. The Kier molecular flexibility index (Phi) is 6.37.